The molecule has 2 aliphatic heterocycles. The van der Waals surface area contributed by atoms with Gasteiger partial charge in [0.15, 0.2) is 0 Å². The van der Waals surface area contributed by atoms with Gasteiger partial charge in [-0.25, -0.2) is 4.98 Å². The molecule has 1 fully saturated rings. The second-order valence-corrected chi connectivity index (χ2v) is 8.42. The van der Waals surface area contributed by atoms with E-state index < -0.39 is 0 Å². The highest BCUT2D eigenvalue weighted by Crippen LogP contribution is 2.31. The Kier molecular flexibility index (Phi) is 5.90. The highest BCUT2D eigenvalue weighted by atomic mass is 16.5. The molecule has 30 heavy (non-hydrogen) atoms. The number of carbonyl (C=O) groups excluding carboxylic acids is 1. The van der Waals surface area contributed by atoms with Crippen LogP contribution in [0.2, 0.25) is 0 Å². The molecule has 3 heterocycles. The molecule has 1 amide bonds. The molecule has 0 saturated carbocycles. The lowest BCUT2D eigenvalue weighted by Crippen LogP contribution is -2.40. The van der Waals surface area contributed by atoms with Gasteiger partial charge in [0, 0.05) is 37.7 Å². The SMILES string of the molecule is COc1ccccc1CC(=O)N1CCC[C@@H]1c1nc2c(c(=O)[nH]1)CN(C(C)C)CC2. The Hall–Kier alpha value is -2.67. The van der Waals surface area contributed by atoms with Gasteiger partial charge in [-0.05, 0) is 32.8 Å². The topological polar surface area (TPSA) is 78.5 Å². The van der Waals surface area contributed by atoms with Gasteiger partial charge in [-0.3, -0.25) is 14.5 Å². The van der Waals surface area contributed by atoms with Crippen LogP contribution in [0, 0.1) is 0 Å². The summed E-state index contributed by atoms with van der Waals surface area (Å²) in [5.41, 5.74) is 2.46. The zero-order valence-electron chi connectivity index (χ0n) is 18.0. The minimum absolute atomic E-state index is 0.0355. The maximum absolute atomic E-state index is 13.1. The van der Waals surface area contributed by atoms with Gasteiger partial charge in [0.05, 0.1) is 30.8 Å². The lowest BCUT2D eigenvalue weighted by Gasteiger charge is -2.31. The van der Waals surface area contributed by atoms with Crippen molar-refractivity contribution >= 4 is 5.91 Å². The summed E-state index contributed by atoms with van der Waals surface area (Å²) >= 11 is 0. The Morgan fingerprint density at radius 2 is 2.10 bits per heavy atom. The molecular weight excluding hydrogens is 380 g/mol. The van der Waals surface area contributed by atoms with Gasteiger partial charge in [0.2, 0.25) is 5.91 Å². The third-order valence-corrected chi connectivity index (χ3v) is 6.27. The van der Waals surface area contributed by atoms with Crippen LogP contribution in [-0.4, -0.2) is 51.9 Å². The van der Waals surface area contributed by atoms with Crippen molar-refractivity contribution in [1.29, 1.82) is 0 Å². The summed E-state index contributed by atoms with van der Waals surface area (Å²) in [6.07, 6.45) is 2.77. The van der Waals surface area contributed by atoms with Crippen molar-refractivity contribution in [2.24, 2.45) is 0 Å². The number of carbonyl (C=O) groups is 1. The van der Waals surface area contributed by atoms with E-state index in [1.807, 2.05) is 29.2 Å². The number of H-pyrrole nitrogens is 1. The van der Waals surface area contributed by atoms with Crippen molar-refractivity contribution < 1.29 is 9.53 Å². The van der Waals surface area contributed by atoms with Crippen LogP contribution in [-0.2, 0) is 24.2 Å². The fourth-order valence-electron chi connectivity index (χ4n) is 4.53. The first kappa shape index (κ1) is 20.6. The summed E-state index contributed by atoms with van der Waals surface area (Å²) in [4.78, 5) is 37.9. The van der Waals surface area contributed by atoms with Crippen molar-refractivity contribution in [3.05, 3.63) is 57.3 Å². The molecule has 0 radical (unpaired) electrons. The molecule has 1 aromatic heterocycles. The van der Waals surface area contributed by atoms with E-state index in [1.165, 1.54) is 0 Å². The van der Waals surface area contributed by atoms with E-state index in [9.17, 15) is 9.59 Å². The van der Waals surface area contributed by atoms with Gasteiger partial charge < -0.3 is 14.6 Å². The van der Waals surface area contributed by atoms with Crippen LogP contribution in [0.15, 0.2) is 29.1 Å². The van der Waals surface area contributed by atoms with Crippen molar-refractivity contribution in [3.63, 3.8) is 0 Å². The fraction of sp³-hybridized carbons (Fsp3) is 0.522. The molecule has 1 atom stereocenters. The Morgan fingerprint density at radius 3 is 2.87 bits per heavy atom. The number of aromatic nitrogens is 2. The second kappa shape index (κ2) is 8.60. The summed E-state index contributed by atoms with van der Waals surface area (Å²) in [6.45, 7) is 6.51. The molecule has 160 valence electrons. The number of nitrogens with one attached hydrogen (secondary N) is 1. The van der Waals surface area contributed by atoms with Gasteiger partial charge in [0.1, 0.15) is 11.6 Å². The normalized spacial score (nSPS) is 19.2. The van der Waals surface area contributed by atoms with Crippen LogP contribution in [0.1, 0.15) is 55.4 Å². The minimum atomic E-state index is -0.173. The van der Waals surface area contributed by atoms with Crippen LogP contribution in [0.3, 0.4) is 0 Å². The molecule has 7 nitrogen and oxygen atoms in total. The first-order valence-electron chi connectivity index (χ1n) is 10.7. The highest BCUT2D eigenvalue weighted by Gasteiger charge is 2.33. The van der Waals surface area contributed by atoms with E-state index in [0.29, 0.717) is 25.0 Å². The van der Waals surface area contributed by atoms with Crippen LogP contribution in [0.5, 0.6) is 5.75 Å². The molecule has 2 aliphatic rings. The number of aromatic amines is 1. The van der Waals surface area contributed by atoms with Crippen LogP contribution in [0.4, 0.5) is 0 Å². The Labute approximate surface area is 177 Å². The predicted molar refractivity (Wildman–Crippen MR) is 114 cm³/mol. The highest BCUT2D eigenvalue weighted by molar-refractivity contribution is 5.80. The lowest BCUT2D eigenvalue weighted by atomic mass is 10.0. The standard InChI is InChI=1S/C23H30N4O3/c1-15(2)26-12-10-18-17(14-26)23(29)25-22(24-18)19-8-6-11-27(19)21(28)13-16-7-4-5-9-20(16)30-3/h4-5,7,9,15,19H,6,8,10-14H2,1-3H3,(H,24,25,29)/t19-/m1/s1. The number of likely N-dealkylation sites (tertiary alicyclic amines) is 1. The monoisotopic (exact) mass is 410 g/mol. The Bertz CT molecular complexity index is 985. The molecule has 1 aromatic carbocycles. The van der Waals surface area contributed by atoms with Gasteiger partial charge in [-0.1, -0.05) is 18.2 Å². The summed E-state index contributed by atoms with van der Waals surface area (Å²) in [5.74, 6) is 1.38. The third-order valence-electron chi connectivity index (χ3n) is 6.27. The molecule has 0 aliphatic carbocycles. The summed E-state index contributed by atoms with van der Waals surface area (Å²) in [5, 5.41) is 0. The zero-order valence-corrected chi connectivity index (χ0v) is 18.0. The molecule has 4 rings (SSSR count). The molecule has 1 N–H and O–H groups in total. The maximum atomic E-state index is 13.1. The number of ether oxygens (including phenoxy) is 1. The number of hydrogen-bond acceptors (Lipinski definition) is 5. The number of amides is 1. The first-order valence-corrected chi connectivity index (χ1v) is 10.7. The van der Waals surface area contributed by atoms with E-state index >= 15 is 0 Å². The van der Waals surface area contributed by atoms with Gasteiger partial charge >= 0.3 is 0 Å². The quantitative estimate of drug-likeness (QED) is 0.819. The first-order chi connectivity index (χ1) is 14.5. The molecule has 0 unspecified atom stereocenters. The van der Waals surface area contributed by atoms with Crippen molar-refractivity contribution in [2.45, 2.75) is 58.2 Å². The van der Waals surface area contributed by atoms with E-state index in [0.717, 1.165) is 48.4 Å². The average Bonchev–Trinajstić information content (AvgIpc) is 3.24. The number of para-hydroxylation sites is 1. The van der Waals surface area contributed by atoms with E-state index in [-0.39, 0.29) is 23.9 Å². The number of rotatable bonds is 5. The Morgan fingerprint density at radius 1 is 1.30 bits per heavy atom. The lowest BCUT2D eigenvalue weighted by molar-refractivity contribution is -0.131. The van der Waals surface area contributed by atoms with Crippen molar-refractivity contribution in [1.82, 2.24) is 19.8 Å². The van der Waals surface area contributed by atoms with Crippen molar-refractivity contribution in [3.8, 4) is 5.75 Å². The number of nitrogens with zero attached hydrogens (tertiary/aromatic N) is 3. The Balaban J connectivity index is 1.56. The van der Waals surface area contributed by atoms with Gasteiger partial charge in [-0.2, -0.15) is 0 Å². The second-order valence-electron chi connectivity index (χ2n) is 8.42. The van der Waals surface area contributed by atoms with Gasteiger partial charge in [-0.15, -0.1) is 0 Å². The third kappa shape index (κ3) is 3.99. The number of methoxy groups -OCH3 is 1. The van der Waals surface area contributed by atoms with Crippen LogP contribution in [0.25, 0.3) is 0 Å². The maximum Gasteiger partial charge on any atom is 0.255 e. The smallest absolute Gasteiger partial charge is 0.255 e. The summed E-state index contributed by atoms with van der Waals surface area (Å²) < 4.78 is 5.39. The minimum Gasteiger partial charge on any atom is -0.496 e. The average molecular weight is 411 g/mol. The summed E-state index contributed by atoms with van der Waals surface area (Å²) in [7, 11) is 1.62. The molecule has 1 saturated heterocycles. The molecular formula is C23H30N4O3. The van der Waals surface area contributed by atoms with Crippen LogP contribution < -0.4 is 10.3 Å². The van der Waals surface area contributed by atoms with E-state index in [1.54, 1.807) is 7.11 Å². The predicted octanol–water partition coefficient (Wildman–Crippen LogP) is 2.45. The van der Waals surface area contributed by atoms with Crippen molar-refractivity contribution in [2.75, 3.05) is 20.2 Å². The van der Waals surface area contributed by atoms with Crippen LogP contribution >= 0.6 is 0 Å². The van der Waals surface area contributed by atoms with E-state index in [2.05, 4.69) is 23.7 Å². The molecule has 7 heteroatoms. The molecule has 0 bridgehead atoms. The fourth-order valence-corrected chi connectivity index (χ4v) is 4.53. The zero-order chi connectivity index (χ0) is 21.3. The van der Waals surface area contributed by atoms with Gasteiger partial charge in [0.25, 0.3) is 5.56 Å². The number of fused-ring (bicyclic) bond motifs is 1. The van der Waals surface area contributed by atoms with E-state index in [4.69, 9.17) is 9.72 Å². The molecule has 0 spiro atoms. The number of hydrogen-bond donors (Lipinski definition) is 1. The molecule has 2 aromatic rings. The number of benzene rings is 1. The summed E-state index contributed by atoms with van der Waals surface area (Å²) in [6, 6.07) is 7.82. The largest absolute Gasteiger partial charge is 0.496 e.